The summed E-state index contributed by atoms with van der Waals surface area (Å²) in [6.45, 7) is 6.56. The number of thioether (sulfide) groups is 1. The van der Waals surface area contributed by atoms with Crippen LogP contribution in [0.25, 0.3) is 21.9 Å². The quantitative estimate of drug-likeness (QED) is 0.170. The molecular formula is C36H37Cl2N2S2+. The van der Waals surface area contributed by atoms with E-state index >= 15 is 0 Å². The molecule has 0 bridgehead atoms. The monoisotopic (exact) mass is 631 g/mol. The standard InChI is InChI=1S/C36H37Cl2N2S2/c1-3-5-19-39-30-17-15-28(37)23-32(30)41-34(39)21-26-13-10-14-27(36(26)25-11-8-7-9-12-25)22-35-40(20-6-4-2)31-18-16-29(38)24-33(31)42-35/h7-9,11-12,15-18,21-24H,3-6,10,13-14,19-20H2,1-2H3/q+1. The Labute approximate surface area is 268 Å². The average molecular weight is 633 g/mol. The molecule has 0 fully saturated rings. The minimum Gasteiger partial charge on any atom is -0.335 e. The van der Waals surface area contributed by atoms with Crippen molar-refractivity contribution in [1.29, 1.82) is 0 Å². The van der Waals surface area contributed by atoms with Gasteiger partial charge in [-0.2, -0.15) is 4.57 Å². The number of anilines is 1. The Hall–Kier alpha value is -2.50. The van der Waals surface area contributed by atoms with Crippen molar-refractivity contribution in [3.63, 3.8) is 0 Å². The first kappa shape index (κ1) is 29.6. The fourth-order valence-electron chi connectivity index (χ4n) is 5.95. The Balaban J connectivity index is 1.49. The van der Waals surface area contributed by atoms with Crippen LogP contribution in [-0.4, -0.2) is 6.54 Å². The molecule has 0 radical (unpaired) electrons. The van der Waals surface area contributed by atoms with Crippen LogP contribution in [0, 0.1) is 0 Å². The lowest BCUT2D eigenvalue weighted by molar-refractivity contribution is -0.669. The molecule has 0 unspecified atom stereocenters. The zero-order valence-electron chi connectivity index (χ0n) is 24.3. The summed E-state index contributed by atoms with van der Waals surface area (Å²) in [7, 11) is 0. The number of nitrogens with zero attached hydrogens (tertiary/aromatic N) is 2. The van der Waals surface area contributed by atoms with Crippen molar-refractivity contribution in [1.82, 2.24) is 0 Å². The summed E-state index contributed by atoms with van der Waals surface area (Å²) in [5.41, 5.74) is 8.08. The van der Waals surface area contributed by atoms with Gasteiger partial charge in [-0.05, 0) is 84.4 Å². The molecule has 1 aromatic heterocycles. The number of benzene rings is 3. The number of hydrogen-bond donors (Lipinski definition) is 0. The lowest BCUT2D eigenvalue weighted by atomic mass is 9.83. The van der Waals surface area contributed by atoms with E-state index in [1.54, 1.807) is 0 Å². The van der Waals surface area contributed by atoms with Gasteiger partial charge in [0.2, 0.25) is 5.52 Å². The lowest BCUT2D eigenvalue weighted by Gasteiger charge is -2.25. The highest BCUT2D eigenvalue weighted by Gasteiger charge is 2.28. The first-order chi connectivity index (χ1) is 20.6. The van der Waals surface area contributed by atoms with Gasteiger partial charge in [-0.15, -0.1) is 0 Å². The minimum atomic E-state index is 0.797. The van der Waals surface area contributed by atoms with E-state index in [-0.39, 0.29) is 0 Å². The zero-order valence-corrected chi connectivity index (χ0v) is 27.5. The molecular weight excluding hydrogens is 595 g/mol. The summed E-state index contributed by atoms with van der Waals surface area (Å²) >= 11 is 16.6. The van der Waals surface area contributed by atoms with Gasteiger partial charge >= 0.3 is 0 Å². The van der Waals surface area contributed by atoms with Crippen molar-refractivity contribution in [2.45, 2.75) is 70.2 Å². The van der Waals surface area contributed by atoms with Gasteiger partial charge in [0.05, 0.1) is 10.7 Å². The largest absolute Gasteiger partial charge is 0.335 e. The molecule has 0 N–H and O–H groups in total. The van der Waals surface area contributed by atoms with E-state index in [0.29, 0.717) is 0 Å². The molecule has 2 aliphatic rings. The Bertz CT molecular complexity index is 1680. The predicted molar refractivity (Wildman–Crippen MR) is 185 cm³/mol. The van der Waals surface area contributed by atoms with E-state index in [1.807, 2.05) is 35.2 Å². The SMILES string of the molecule is CCCCN1/C(=C\C2=C(c3ccccc3)C(=C/c3sc4cc(Cl)ccc4[n+]3CCCC)/CCC2)Sc2cc(Cl)ccc21. The van der Waals surface area contributed by atoms with Gasteiger partial charge < -0.3 is 4.90 Å². The van der Waals surface area contributed by atoms with E-state index in [1.165, 1.54) is 66.0 Å². The van der Waals surface area contributed by atoms with Crippen LogP contribution in [0.5, 0.6) is 0 Å². The van der Waals surface area contributed by atoms with Crippen LogP contribution in [0.3, 0.4) is 0 Å². The molecule has 0 atom stereocenters. The van der Waals surface area contributed by atoms with Crippen LogP contribution in [-0.2, 0) is 6.54 Å². The van der Waals surface area contributed by atoms with E-state index in [2.05, 4.69) is 90.1 Å². The molecule has 4 aromatic rings. The van der Waals surface area contributed by atoms with Gasteiger partial charge in [0.25, 0.3) is 5.01 Å². The number of unbranched alkanes of at least 4 members (excludes halogenated alkanes) is 2. The van der Waals surface area contributed by atoms with Crippen LogP contribution in [0.4, 0.5) is 5.69 Å². The number of allylic oxidation sites excluding steroid dienone is 4. The zero-order chi connectivity index (χ0) is 29.1. The number of aryl methyl sites for hydroxylation is 1. The second-order valence-corrected chi connectivity index (χ2v) is 14.0. The molecule has 6 rings (SSSR count). The van der Waals surface area contributed by atoms with Crippen LogP contribution in [0.1, 0.15) is 69.4 Å². The third-order valence-electron chi connectivity index (χ3n) is 8.05. The smallest absolute Gasteiger partial charge is 0.263 e. The molecule has 6 heteroatoms. The van der Waals surface area contributed by atoms with Gasteiger partial charge in [-0.1, -0.05) is 103 Å². The number of aromatic nitrogens is 1. The normalized spacial score (nSPS) is 17.2. The van der Waals surface area contributed by atoms with Crippen LogP contribution < -0.4 is 9.47 Å². The number of rotatable bonds is 9. The predicted octanol–water partition coefficient (Wildman–Crippen LogP) is 11.6. The molecule has 3 aromatic carbocycles. The molecule has 0 amide bonds. The number of hydrogen-bond acceptors (Lipinski definition) is 3. The maximum Gasteiger partial charge on any atom is 0.263 e. The van der Waals surface area contributed by atoms with Crippen LogP contribution >= 0.6 is 46.3 Å². The second-order valence-electron chi connectivity index (χ2n) is 11.0. The van der Waals surface area contributed by atoms with E-state index in [0.717, 1.165) is 55.2 Å². The molecule has 2 nitrogen and oxygen atoms in total. The Morgan fingerprint density at radius 1 is 0.881 bits per heavy atom. The number of halogens is 2. The highest BCUT2D eigenvalue weighted by molar-refractivity contribution is 8.03. The Morgan fingerprint density at radius 3 is 2.48 bits per heavy atom. The van der Waals surface area contributed by atoms with E-state index in [4.69, 9.17) is 23.2 Å². The van der Waals surface area contributed by atoms with Crippen LogP contribution in [0.15, 0.2) is 93.9 Å². The lowest BCUT2D eigenvalue weighted by Crippen LogP contribution is -2.35. The second kappa shape index (κ2) is 13.4. The molecule has 0 spiro atoms. The summed E-state index contributed by atoms with van der Waals surface area (Å²) in [6.07, 6.45) is 12.9. The fourth-order valence-corrected chi connectivity index (χ4v) is 8.82. The maximum absolute atomic E-state index is 6.42. The average Bonchev–Trinajstić information content (AvgIpc) is 3.50. The molecule has 1 aliphatic carbocycles. The molecule has 2 heterocycles. The highest BCUT2D eigenvalue weighted by Crippen LogP contribution is 2.49. The topological polar surface area (TPSA) is 7.12 Å². The van der Waals surface area contributed by atoms with Crippen molar-refractivity contribution in [3.05, 3.63) is 110 Å². The van der Waals surface area contributed by atoms with Crippen molar-refractivity contribution in [3.8, 4) is 0 Å². The molecule has 42 heavy (non-hydrogen) atoms. The van der Waals surface area contributed by atoms with Gasteiger partial charge in [0, 0.05) is 40.0 Å². The Kier molecular flexibility index (Phi) is 9.45. The minimum absolute atomic E-state index is 0.797. The molecule has 0 saturated carbocycles. The molecule has 0 saturated heterocycles. The first-order valence-electron chi connectivity index (χ1n) is 15.1. The Morgan fingerprint density at radius 2 is 1.67 bits per heavy atom. The number of thiazole rings is 1. The molecule has 1 aliphatic heterocycles. The van der Waals surface area contributed by atoms with Gasteiger partial charge in [-0.3, -0.25) is 0 Å². The fraction of sp³-hybridized carbons (Fsp3) is 0.306. The summed E-state index contributed by atoms with van der Waals surface area (Å²) in [5, 5.41) is 4.21. The number of fused-ring (bicyclic) bond motifs is 2. The summed E-state index contributed by atoms with van der Waals surface area (Å²) < 4.78 is 3.75. The highest BCUT2D eigenvalue weighted by atomic mass is 35.5. The van der Waals surface area contributed by atoms with Crippen molar-refractivity contribution >= 4 is 73.9 Å². The van der Waals surface area contributed by atoms with Crippen LogP contribution in [0.2, 0.25) is 10.0 Å². The maximum atomic E-state index is 6.42. The van der Waals surface area contributed by atoms with Crippen molar-refractivity contribution in [2.24, 2.45) is 0 Å². The van der Waals surface area contributed by atoms with Gasteiger partial charge in [0.1, 0.15) is 4.70 Å². The van der Waals surface area contributed by atoms with Gasteiger partial charge in [0.15, 0.2) is 6.54 Å². The van der Waals surface area contributed by atoms with Crippen molar-refractivity contribution < 1.29 is 4.57 Å². The summed E-state index contributed by atoms with van der Waals surface area (Å²) in [6, 6.07) is 23.6. The van der Waals surface area contributed by atoms with Crippen molar-refractivity contribution in [2.75, 3.05) is 11.4 Å². The summed E-state index contributed by atoms with van der Waals surface area (Å²) in [5.74, 6) is 0. The third-order valence-corrected chi connectivity index (χ3v) is 10.7. The van der Waals surface area contributed by atoms with E-state index < -0.39 is 0 Å². The van der Waals surface area contributed by atoms with E-state index in [9.17, 15) is 0 Å². The molecule has 216 valence electrons. The third kappa shape index (κ3) is 6.24. The summed E-state index contributed by atoms with van der Waals surface area (Å²) in [4.78, 5) is 3.75. The first-order valence-corrected chi connectivity index (χ1v) is 17.5. The van der Waals surface area contributed by atoms with Gasteiger partial charge in [-0.25, -0.2) is 0 Å².